The van der Waals surface area contributed by atoms with Crippen molar-refractivity contribution in [2.24, 2.45) is 11.1 Å². The van der Waals surface area contributed by atoms with Crippen molar-refractivity contribution in [1.29, 1.82) is 0 Å². The third-order valence-electron chi connectivity index (χ3n) is 6.32. The van der Waals surface area contributed by atoms with Gasteiger partial charge >= 0.3 is 0 Å². The van der Waals surface area contributed by atoms with Gasteiger partial charge in [-0.2, -0.15) is 0 Å². The van der Waals surface area contributed by atoms with E-state index in [4.69, 9.17) is 10.5 Å². The molecule has 2 aromatic heterocycles. The molecule has 2 fully saturated rings. The Hall–Kier alpha value is -1.19. The van der Waals surface area contributed by atoms with Crippen molar-refractivity contribution in [1.82, 2.24) is 14.9 Å². The van der Waals surface area contributed by atoms with Gasteiger partial charge in [-0.1, -0.05) is 13.8 Å². The van der Waals surface area contributed by atoms with Crippen LogP contribution in [0.3, 0.4) is 0 Å². The fraction of sp³-hybridized carbons (Fsp3) is 0.632. The fourth-order valence-electron chi connectivity index (χ4n) is 4.23. The lowest BCUT2D eigenvalue weighted by atomic mass is 9.54. The third-order valence-corrected chi connectivity index (χ3v) is 7.14. The summed E-state index contributed by atoms with van der Waals surface area (Å²) >= 11 is 1.62. The van der Waals surface area contributed by atoms with Crippen LogP contribution >= 0.6 is 36.2 Å². The summed E-state index contributed by atoms with van der Waals surface area (Å²) in [5.74, 6) is 1.00. The van der Waals surface area contributed by atoms with Crippen LogP contribution in [-0.4, -0.2) is 65.2 Å². The van der Waals surface area contributed by atoms with Crippen LogP contribution in [-0.2, 0) is 9.53 Å². The number of amides is 1. The van der Waals surface area contributed by atoms with E-state index in [1.165, 1.54) is 0 Å². The average Bonchev–Trinajstić information content (AvgIpc) is 3.16. The van der Waals surface area contributed by atoms with Gasteiger partial charge in [0.05, 0.1) is 11.5 Å². The number of aromatic nitrogens is 2. The number of carbonyl (C=O) groups is 1. The molecule has 1 aliphatic heterocycles. The monoisotopic (exact) mass is 461 g/mol. The summed E-state index contributed by atoms with van der Waals surface area (Å²) in [7, 11) is 0. The number of carbonyl (C=O) groups excluding carboxylic acids is 1. The van der Waals surface area contributed by atoms with E-state index in [9.17, 15) is 4.79 Å². The summed E-state index contributed by atoms with van der Waals surface area (Å²) < 4.78 is 5.76. The summed E-state index contributed by atoms with van der Waals surface area (Å²) in [6.07, 6.45) is 2.25. The SMILES string of the molecule is CCOC1CC(N)(C(=O)N2CCN(c3ncnc4sccc34)CC2)C1(C)C.Cl.Cl. The van der Waals surface area contributed by atoms with E-state index in [2.05, 4.69) is 20.9 Å². The molecule has 10 heteroatoms. The molecule has 1 aliphatic carbocycles. The van der Waals surface area contributed by atoms with Gasteiger partial charge in [-0.25, -0.2) is 9.97 Å². The number of fused-ring (bicyclic) bond motifs is 1. The Morgan fingerprint density at radius 2 is 1.97 bits per heavy atom. The second-order valence-electron chi connectivity index (χ2n) is 7.96. The molecule has 0 aromatic carbocycles. The standard InChI is InChI=1S/C19H27N5O2S.2ClH/c1-4-26-14-11-19(20,18(14,2)3)17(25)24-8-6-23(7-9-24)15-13-5-10-27-16(13)22-12-21-15;;/h5,10,12,14H,4,6-9,11,20H2,1-3H3;2*1H. The van der Waals surface area contributed by atoms with Crippen LogP contribution in [0.2, 0.25) is 0 Å². The molecular formula is C19H29Cl2N5O2S. The van der Waals surface area contributed by atoms with Crippen LogP contribution in [0.25, 0.3) is 10.2 Å². The summed E-state index contributed by atoms with van der Waals surface area (Å²) in [5, 5.41) is 3.12. The number of ether oxygens (including phenoxy) is 1. The zero-order chi connectivity index (χ0) is 19.2. The minimum Gasteiger partial charge on any atom is -0.378 e. The molecule has 0 bridgehead atoms. The molecule has 0 radical (unpaired) electrons. The molecule has 1 amide bonds. The van der Waals surface area contributed by atoms with E-state index in [1.807, 2.05) is 31.1 Å². The van der Waals surface area contributed by atoms with Crippen LogP contribution in [0.1, 0.15) is 27.2 Å². The largest absolute Gasteiger partial charge is 0.378 e. The number of nitrogens with zero attached hydrogens (tertiary/aromatic N) is 4. The number of piperazine rings is 1. The first-order valence-corrected chi connectivity index (χ1v) is 10.4. The summed E-state index contributed by atoms with van der Waals surface area (Å²) in [5.41, 5.74) is 5.38. The van der Waals surface area contributed by atoms with Gasteiger partial charge in [0.2, 0.25) is 5.91 Å². The normalized spacial score (nSPS) is 25.7. The Balaban J connectivity index is 0.00000150. The number of thiophene rings is 1. The predicted molar refractivity (Wildman–Crippen MR) is 121 cm³/mol. The van der Waals surface area contributed by atoms with Crippen LogP contribution < -0.4 is 10.6 Å². The molecule has 2 N–H and O–H groups in total. The molecule has 2 unspecified atom stereocenters. The molecule has 1 saturated carbocycles. The maximum Gasteiger partial charge on any atom is 0.243 e. The van der Waals surface area contributed by atoms with Crippen LogP contribution in [0.15, 0.2) is 17.8 Å². The summed E-state index contributed by atoms with van der Waals surface area (Å²) in [6, 6.07) is 2.06. The van der Waals surface area contributed by atoms with Crippen molar-refractivity contribution in [3.8, 4) is 0 Å². The highest BCUT2D eigenvalue weighted by Gasteiger charge is 2.63. The second kappa shape index (κ2) is 8.89. The van der Waals surface area contributed by atoms with Crippen molar-refractivity contribution in [3.05, 3.63) is 17.8 Å². The number of rotatable bonds is 4. The van der Waals surface area contributed by atoms with Gasteiger partial charge in [0.25, 0.3) is 0 Å². The van der Waals surface area contributed by atoms with Crippen molar-refractivity contribution >= 4 is 58.1 Å². The molecule has 3 heterocycles. The van der Waals surface area contributed by atoms with Crippen molar-refractivity contribution in [2.75, 3.05) is 37.7 Å². The molecule has 2 aliphatic rings. The maximum atomic E-state index is 13.2. The molecule has 2 atom stereocenters. The topological polar surface area (TPSA) is 84.6 Å². The lowest BCUT2D eigenvalue weighted by Gasteiger charge is -2.59. The van der Waals surface area contributed by atoms with Gasteiger partial charge in [-0.3, -0.25) is 4.79 Å². The number of halogens is 2. The highest BCUT2D eigenvalue weighted by molar-refractivity contribution is 7.16. The Labute approximate surface area is 187 Å². The number of anilines is 1. The Morgan fingerprint density at radius 3 is 2.59 bits per heavy atom. The van der Waals surface area contributed by atoms with E-state index in [0.717, 1.165) is 29.1 Å². The molecular weight excluding hydrogens is 433 g/mol. The molecule has 0 spiro atoms. The van der Waals surface area contributed by atoms with Gasteiger partial charge < -0.3 is 20.3 Å². The van der Waals surface area contributed by atoms with Gasteiger partial charge in [-0.05, 0) is 18.4 Å². The summed E-state index contributed by atoms with van der Waals surface area (Å²) in [6.45, 7) is 9.51. The van der Waals surface area contributed by atoms with Gasteiger partial charge in [-0.15, -0.1) is 36.2 Å². The zero-order valence-electron chi connectivity index (χ0n) is 17.0. The van der Waals surface area contributed by atoms with Crippen molar-refractivity contribution in [3.63, 3.8) is 0 Å². The maximum absolute atomic E-state index is 13.2. The summed E-state index contributed by atoms with van der Waals surface area (Å²) in [4.78, 5) is 27.1. The molecule has 29 heavy (non-hydrogen) atoms. The quantitative estimate of drug-likeness (QED) is 0.752. The molecule has 2 aromatic rings. The van der Waals surface area contributed by atoms with E-state index in [0.29, 0.717) is 26.1 Å². The third kappa shape index (κ3) is 3.81. The van der Waals surface area contributed by atoms with E-state index in [1.54, 1.807) is 17.7 Å². The number of hydrogen-bond acceptors (Lipinski definition) is 7. The fourth-order valence-corrected chi connectivity index (χ4v) is 4.96. The predicted octanol–water partition coefficient (Wildman–Crippen LogP) is 2.72. The molecule has 1 saturated heterocycles. The highest BCUT2D eigenvalue weighted by Crippen LogP contribution is 2.50. The minimum atomic E-state index is -0.843. The first kappa shape index (κ1) is 24.1. The molecule has 4 rings (SSSR count). The van der Waals surface area contributed by atoms with Crippen molar-refractivity contribution in [2.45, 2.75) is 38.8 Å². The molecule has 7 nitrogen and oxygen atoms in total. The smallest absolute Gasteiger partial charge is 0.243 e. The Morgan fingerprint density at radius 1 is 1.28 bits per heavy atom. The van der Waals surface area contributed by atoms with E-state index < -0.39 is 5.54 Å². The van der Waals surface area contributed by atoms with Crippen molar-refractivity contribution < 1.29 is 9.53 Å². The number of hydrogen-bond donors (Lipinski definition) is 1. The highest BCUT2D eigenvalue weighted by atomic mass is 35.5. The molecule has 162 valence electrons. The van der Waals surface area contributed by atoms with Crippen LogP contribution in [0, 0.1) is 5.41 Å². The lowest BCUT2D eigenvalue weighted by Crippen LogP contribution is -2.76. The minimum absolute atomic E-state index is 0. The Kier molecular flexibility index (Phi) is 7.39. The van der Waals surface area contributed by atoms with Gasteiger partial charge in [0.1, 0.15) is 22.5 Å². The van der Waals surface area contributed by atoms with Gasteiger partial charge in [0.15, 0.2) is 0 Å². The average molecular weight is 462 g/mol. The lowest BCUT2D eigenvalue weighted by molar-refractivity contribution is -0.179. The zero-order valence-corrected chi connectivity index (χ0v) is 19.4. The van der Waals surface area contributed by atoms with E-state index >= 15 is 0 Å². The first-order chi connectivity index (χ1) is 12.9. The van der Waals surface area contributed by atoms with Gasteiger partial charge in [0, 0.05) is 44.6 Å². The van der Waals surface area contributed by atoms with Crippen LogP contribution in [0.5, 0.6) is 0 Å². The van der Waals surface area contributed by atoms with E-state index in [-0.39, 0.29) is 42.2 Å². The Bertz CT molecular complexity index is 856. The number of nitrogens with two attached hydrogens (primary N) is 1. The first-order valence-electron chi connectivity index (χ1n) is 9.51. The second-order valence-corrected chi connectivity index (χ2v) is 8.85. The van der Waals surface area contributed by atoms with Crippen LogP contribution in [0.4, 0.5) is 5.82 Å².